The van der Waals surface area contributed by atoms with Gasteiger partial charge in [-0.1, -0.05) is 0 Å². The minimum atomic E-state index is -0.515. The largest absolute Gasteiger partial charge is 0.420 e. The lowest BCUT2D eigenvalue weighted by Crippen LogP contribution is -2.39. The molecule has 1 fully saturated rings. The number of aryl methyl sites for hydroxylation is 1. The fraction of sp³-hybridized carbons (Fsp3) is 0.208. The van der Waals surface area contributed by atoms with Gasteiger partial charge in [0.25, 0.3) is 5.91 Å². The molecule has 1 saturated carbocycles. The van der Waals surface area contributed by atoms with Gasteiger partial charge in [-0.2, -0.15) is 4.98 Å². The van der Waals surface area contributed by atoms with Crippen molar-refractivity contribution in [2.75, 3.05) is 10.6 Å². The number of hydrogen-bond donors (Lipinski definition) is 3. The highest BCUT2D eigenvalue weighted by Gasteiger charge is 2.20. The molecule has 1 aliphatic carbocycles. The van der Waals surface area contributed by atoms with Crippen molar-refractivity contribution in [2.45, 2.75) is 32.2 Å². The monoisotopic (exact) mass is 443 g/mol. The summed E-state index contributed by atoms with van der Waals surface area (Å²) < 4.78 is 6.32. The van der Waals surface area contributed by atoms with E-state index < -0.39 is 5.76 Å². The first-order valence-electron chi connectivity index (χ1n) is 10.7. The summed E-state index contributed by atoms with van der Waals surface area (Å²) in [7, 11) is 3.70. The van der Waals surface area contributed by atoms with E-state index in [1.54, 1.807) is 36.5 Å². The van der Waals surface area contributed by atoms with Crippen molar-refractivity contribution < 1.29 is 9.21 Å². The number of hydrogen-bond acceptors (Lipinski definition) is 7. The Hall–Kier alpha value is -4.14. The predicted molar refractivity (Wildman–Crippen MR) is 126 cm³/mol. The second-order valence-corrected chi connectivity index (χ2v) is 8.13. The lowest BCUT2D eigenvalue weighted by molar-refractivity contribution is 0.0917. The summed E-state index contributed by atoms with van der Waals surface area (Å²) in [6.07, 6.45) is 5.00. The van der Waals surface area contributed by atoms with Crippen LogP contribution in [0.1, 0.15) is 35.2 Å². The van der Waals surface area contributed by atoms with E-state index in [-0.39, 0.29) is 5.91 Å². The fourth-order valence-corrected chi connectivity index (χ4v) is 3.56. The number of oxazole rings is 1. The molecular formula is C24H23N6O3. The van der Waals surface area contributed by atoms with Gasteiger partial charge in [0, 0.05) is 41.8 Å². The van der Waals surface area contributed by atoms with Crippen LogP contribution in [-0.4, -0.2) is 26.5 Å². The average molecular weight is 443 g/mol. The van der Waals surface area contributed by atoms with Crippen LogP contribution in [0.3, 0.4) is 0 Å². The Balaban J connectivity index is 1.31. The van der Waals surface area contributed by atoms with Gasteiger partial charge in [0.05, 0.1) is 5.52 Å². The van der Waals surface area contributed by atoms with Gasteiger partial charge in [0.15, 0.2) is 5.58 Å². The number of nitrogens with zero attached hydrogens (tertiary/aromatic N) is 3. The molecule has 0 atom stereocenters. The molecule has 1 aliphatic rings. The maximum atomic E-state index is 12.3. The highest BCUT2D eigenvalue weighted by Crippen LogP contribution is 2.24. The molecule has 0 aliphatic heterocycles. The molecule has 0 unspecified atom stereocenters. The molecule has 9 nitrogen and oxygen atoms in total. The molecule has 5 rings (SSSR count). The highest BCUT2D eigenvalue weighted by atomic mass is 16.4. The van der Waals surface area contributed by atoms with Gasteiger partial charge in [-0.3, -0.25) is 9.36 Å². The first-order valence-corrected chi connectivity index (χ1v) is 10.7. The molecule has 3 N–H and O–H groups in total. The molecule has 167 valence electrons. The van der Waals surface area contributed by atoms with Crippen LogP contribution < -0.4 is 21.7 Å². The molecule has 2 aromatic heterocycles. The van der Waals surface area contributed by atoms with Gasteiger partial charge < -0.3 is 20.4 Å². The molecule has 2 heterocycles. The summed E-state index contributed by atoms with van der Waals surface area (Å²) in [6, 6.07) is 12.8. The molecular weight excluding hydrogens is 420 g/mol. The zero-order valence-electron chi connectivity index (χ0n) is 18.1. The van der Waals surface area contributed by atoms with E-state index in [1.165, 1.54) is 11.0 Å². The molecule has 9 heteroatoms. The number of aromatic nitrogens is 3. The van der Waals surface area contributed by atoms with Crippen molar-refractivity contribution in [3.63, 3.8) is 0 Å². The smallest absolute Gasteiger partial charge is 0.408 e. The molecule has 0 saturated heterocycles. The Labute approximate surface area is 189 Å². The maximum absolute atomic E-state index is 12.3. The minimum Gasteiger partial charge on any atom is -0.408 e. The van der Waals surface area contributed by atoms with Crippen molar-refractivity contribution in [3.05, 3.63) is 77.4 Å². The molecule has 33 heavy (non-hydrogen) atoms. The van der Waals surface area contributed by atoms with E-state index in [0.717, 1.165) is 29.8 Å². The molecule has 0 spiro atoms. The van der Waals surface area contributed by atoms with Crippen molar-refractivity contribution in [2.24, 2.45) is 0 Å². The van der Waals surface area contributed by atoms with E-state index >= 15 is 0 Å². The van der Waals surface area contributed by atoms with Crippen molar-refractivity contribution in [1.82, 2.24) is 19.9 Å². The Morgan fingerprint density at radius 2 is 1.88 bits per heavy atom. The molecule has 4 aromatic rings. The quantitative estimate of drug-likeness (QED) is 0.411. The second-order valence-electron chi connectivity index (χ2n) is 8.13. The number of carbonyl (C=O) groups is 1. The van der Waals surface area contributed by atoms with Gasteiger partial charge >= 0.3 is 5.76 Å². The van der Waals surface area contributed by atoms with E-state index in [9.17, 15) is 9.59 Å². The lowest BCUT2D eigenvalue weighted by Gasteiger charge is -2.26. The summed E-state index contributed by atoms with van der Waals surface area (Å²) in [4.78, 5) is 32.9. The number of amides is 1. The third kappa shape index (κ3) is 4.30. The summed E-state index contributed by atoms with van der Waals surface area (Å²) in [5.74, 6) is 0.461. The van der Waals surface area contributed by atoms with E-state index in [2.05, 4.69) is 33.0 Å². The van der Waals surface area contributed by atoms with Crippen LogP contribution in [0, 0.1) is 14.0 Å². The summed E-state index contributed by atoms with van der Waals surface area (Å²) in [5, 5.41) is 9.45. The maximum Gasteiger partial charge on any atom is 0.420 e. The topological polar surface area (TPSA) is 114 Å². The number of anilines is 4. The van der Waals surface area contributed by atoms with E-state index in [1.807, 2.05) is 19.1 Å². The van der Waals surface area contributed by atoms with Gasteiger partial charge in [0.1, 0.15) is 5.82 Å². The summed E-state index contributed by atoms with van der Waals surface area (Å²) in [5.41, 5.74) is 4.02. The zero-order valence-corrected chi connectivity index (χ0v) is 18.1. The van der Waals surface area contributed by atoms with E-state index in [4.69, 9.17) is 4.42 Å². The third-order valence-electron chi connectivity index (χ3n) is 5.75. The second kappa shape index (κ2) is 8.42. The van der Waals surface area contributed by atoms with Crippen LogP contribution in [0.15, 0.2) is 57.9 Å². The van der Waals surface area contributed by atoms with Gasteiger partial charge in [0.2, 0.25) is 5.95 Å². The third-order valence-corrected chi connectivity index (χ3v) is 5.75. The number of carbonyl (C=O) groups excluding carboxylic acids is 1. The first kappa shape index (κ1) is 20.7. The van der Waals surface area contributed by atoms with Crippen LogP contribution in [0.2, 0.25) is 0 Å². The molecule has 1 radical (unpaired) electrons. The van der Waals surface area contributed by atoms with Crippen LogP contribution in [0.25, 0.3) is 11.1 Å². The Morgan fingerprint density at radius 1 is 1.12 bits per heavy atom. The number of fused-ring (bicyclic) bond motifs is 1. The highest BCUT2D eigenvalue weighted by molar-refractivity contribution is 5.94. The molecule has 2 aromatic carbocycles. The number of nitrogens with one attached hydrogen (secondary N) is 3. The number of rotatable bonds is 6. The van der Waals surface area contributed by atoms with E-state index in [0.29, 0.717) is 34.5 Å². The average Bonchev–Trinajstić information content (AvgIpc) is 3.07. The predicted octanol–water partition coefficient (Wildman–Crippen LogP) is 4.10. The Kier molecular flexibility index (Phi) is 5.29. The minimum absolute atomic E-state index is 0.0494. The first-order chi connectivity index (χ1) is 16.0. The molecule has 1 amide bonds. The molecule has 0 bridgehead atoms. The standard InChI is InChI=1S/C24H23N6O3/c1-14-13-25-23(28-17-8-6-15(7-9-17)22(31)27-16-4-3-5-16)29-21(14)26-18-10-11-20-19(12-18)30(2)24(32)33-20/h6-13,16H,2-5H2,1H3,(H,27,31)(H2,25,26,28,29). The Bertz CT molecular complexity index is 1390. The normalized spacial score (nSPS) is 13.5. The van der Waals surface area contributed by atoms with Gasteiger partial charge in [-0.25, -0.2) is 9.78 Å². The summed E-state index contributed by atoms with van der Waals surface area (Å²) in [6.45, 7) is 1.90. The zero-order chi connectivity index (χ0) is 22.9. The van der Waals surface area contributed by atoms with Crippen LogP contribution in [-0.2, 0) is 0 Å². The number of benzene rings is 2. The van der Waals surface area contributed by atoms with Gasteiger partial charge in [-0.05, 0) is 68.7 Å². The van der Waals surface area contributed by atoms with Gasteiger partial charge in [-0.15, -0.1) is 0 Å². The van der Waals surface area contributed by atoms with Crippen LogP contribution in [0.5, 0.6) is 0 Å². The van der Waals surface area contributed by atoms with Crippen LogP contribution in [0.4, 0.5) is 23.1 Å². The van der Waals surface area contributed by atoms with Crippen LogP contribution >= 0.6 is 0 Å². The Morgan fingerprint density at radius 3 is 2.61 bits per heavy atom. The van der Waals surface area contributed by atoms with Crippen molar-refractivity contribution in [3.8, 4) is 0 Å². The fourth-order valence-electron chi connectivity index (χ4n) is 3.56. The van der Waals surface area contributed by atoms with Crippen molar-refractivity contribution in [1.29, 1.82) is 0 Å². The SMILES string of the molecule is [CH2]n1c(=O)oc2ccc(Nc3nc(Nc4ccc(C(=O)NC5CCC5)cc4)ncc3C)cc21. The lowest BCUT2D eigenvalue weighted by atomic mass is 9.93. The summed E-state index contributed by atoms with van der Waals surface area (Å²) >= 11 is 0. The van der Waals surface area contributed by atoms with Crippen molar-refractivity contribution >= 4 is 40.1 Å².